The highest BCUT2D eigenvalue weighted by Gasteiger charge is 2.12. The van der Waals surface area contributed by atoms with Gasteiger partial charge in [0.05, 0.1) is 0 Å². The zero-order valence-corrected chi connectivity index (χ0v) is 12.2. The molecule has 3 nitrogen and oxygen atoms in total. The first-order valence-corrected chi connectivity index (χ1v) is 7.08. The second-order valence-electron chi connectivity index (χ2n) is 4.96. The number of anilines is 1. The van der Waals surface area contributed by atoms with Crippen molar-refractivity contribution in [1.82, 2.24) is 4.98 Å². The molecule has 1 aromatic heterocycles. The summed E-state index contributed by atoms with van der Waals surface area (Å²) in [6.45, 7) is 10.8. The number of hydrogen-bond acceptors (Lipinski definition) is 3. The first-order chi connectivity index (χ1) is 8.62. The largest absolute Gasteiger partial charge is 0.357 e. The van der Waals surface area contributed by atoms with E-state index in [1.54, 1.807) is 0 Å². The van der Waals surface area contributed by atoms with Gasteiger partial charge >= 0.3 is 0 Å². The van der Waals surface area contributed by atoms with Gasteiger partial charge in [0.1, 0.15) is 5.82 Å². The molecule has 1 atom stereocenters. The standard InChI is InChI=1S/C15H27N3/c1-5-13(6-2)11-18(7-3)15-10-14(12(4)16)8-9-17-15/h8-10,12-13H,5-7,11,16H2,1-4H3/t12-/m1/s1. The third-order valence-electron chi connectivity index (χ3n) is 3.63. The van der Waals surface area contributed by atoms with E-state index in [1.165, 1.54) is 12.8 Å². The fourth-order valence-electron chi connectivity index (χ4n) is 2.13. The van der Waals surface area contributed by atoms with Crippen molar-refractivity contribution in [2.45, 2.75) is 46.6 Å². The fourth-order valence-corrected chi connectivity index (χ4v) is 2.13. The normalized spacial score (nSPS) is 12.8. The van der Waals surface area contributed by atoms with Gasteiger partial charge in [0.25, 0.3) is 0 Å². The molecule has 0 aliphatic rings. The third-order valence-corrected chi connectivity index (χ3v) is 3.63. The van der Waals surface area contributed by atoms with Gasteiger partial charge in [0, 0.05) is 25.3 Å². The maximum atomic E-state index is 5.93. The minimum Gasteiger partial charge on any atom is -0.357 e. The van der Waals surface area contributed by atoms with Crippen molar-refractivity contribution in [3.63, 3.8) is 0 Å². The van der Waals surface area contributed by atoms with Crippen LogP contribution in [0, 0.1) is 5.92 Å². The van der Waals surface area contributed by atoms with Crippen LogP contribution in [0.1, 0.15) is 52.1 Å². The van der Waals surface area contributed by atoms with Crippen molar-refractivity contribution in [3.8, 4) is 0 Å². The maximum absolute atomic E-state index is 5.93. The van der Waals surface area contributed by atoms with Crippen LogP contribution in [-0.4, -0.2) is 18.1 Å². The quantitative estimate of drug-likeness (QED) is 0.805. The molecular formula is C15H27N3. The van der Waals surface area contributed by atoms with Gasteiger partial charge in [0.2, 0.25) is 0 Å². The summed E-state index contributed by atoms with van der Waals surface area (Å²) >= 11 is 0. The summed E-state index contributed by atoms with van der Waals surface area (Å²) in [5, 5.41) is 0. The molecule has 0 spiro atoms. The summed E-state index contributed by atoms with van der Waals surface area (Å²) in [6, 6.07) is 4.19. The lowest BCUT2D eigenvalue weighted by Crippen LogP contribution is -2.29. The van der Waals surface area contributed by atoms with Crippen molar-refractivity contribution in [1.29, 1.82) is 0 Å². The Morgan fingerprint density at radius 3 is 2.44 bits per heavy atom. The highest BCUT2D eigenvalue weighted by molar-refractivity contribution is 5.41. The van der Waals surface area contributed by atoms with E-state index in [1.807, 2.05) is 19.2 Å². The third kappa shape index (κ3) is 3.98. The number of nitrogens with two attached hydrogens (primary N) is 1. The van der Waals surface area contributed by atoms with E-state index in [0.29, 0.717) is 0 Å². The Bertz CT molecular complexity index is 345. The minimum absolute atomic E-state index is 0.0682. The molecule has 0 aromatic carbocycles. The van der Waals surface area contributed by atoms with E-state index < -0.39 is 0 Å². The smallest absolute Gasteiger partial charge is 0.128 e. The van der Waals surface area contributed by atoms with Crippen LogP contribution in [0.25, 0.3) is 0 Å². The van der Waals surface area contributed by atoms with Crippen LogP contribution in [0.3, 0.4) is 0 Å². The van der Waals surface area contributed by atoms with Crippen molar-refractivity contribution in [2.24, 2.45) is 11.7 Å². The second kappa shape index (κ2) is 7.37. The van der Waals surface area contributed by atoms with E-state index in [4.69, 9.17) is 5.73 Å². The topological polar surface area (TPSA) is 42.1 Å². The molecule has 2 N–H and O–H groups in total. The summed E-state index contributed by atoms with van der Waals surface area (Å²) in [6.07, 6.45) is 4.31. The average Bonchev–Trinajstić information content (AvgIpc) is 2.40. The Balaban J connectivity index is 2.84. The van der Waals surface area contributed by atoms with Gasteiger partial charge in [0.15, 0.2) is 0 Å². The Kier molecular flexibility index (Phi) is 6.13. The fraction of sp³-hybridized carbons (Fsp3) is 0.667. The molecule has 0 unspecified atom stereocenters. The molecule has 0 fully saturated rings. The van der Waals surface area contributed by atoms with E-state index in [-0.39, 0.29) is 6.04 Å². The molecule has 102 valence electrons. The molecule has 3 heteroatoms. The Morgan fingerprint density at radius 2 is 1.94 bits per heavy atom. The molecule has 0 saturated carbocycles. The van der Waals surface area contributed by atoms with Crippen molar-refractivity contribution < 1.29 is 0 Å². The molecular weight excluding hydrogens is 222 g/mol. The Morgan fingerprint density at radius 1 is 1.28 bits per heavy atom. The molecule has 0 aliphatic carbocycles. The monoisotopic (exact) mass is 249 g/mol. The lowest BCUT2D eigenvalue weighted by atomic mass is 10.0. The molecule has 18 heavy (non-hydrogen) atoms. The van der Waals surface area contributed by atoms with Crippen LogP contribution in [0.2, 0.25) is 0 Å². The number of aromatic nitrogens is 1. The first kappa shape index (κ1) is 15.0. The van der Waals surface area contributed by atoms with Crippen LogP contribution in [0.15, 0.2) is 18.3 Å². The molecule has 1 heterocycles. The van der Waals surface area contributed by atoms with Gasteiger partial charge in [-0.15, -0.1) is 0 Å². The van der Waals surface area contributed by atoms with Crippen molar-refractivity contribution >= 4 is 5.82 Å². The number of nitrogens with zero attached hydrogens (tertiary/aromatic N) is 2. The van der Waals surface area contributed by atoms with Gasteiger partial charge in [-0.25, -0.2) is 4.98 Å². The minimum atomic E-state index is 0.0682. The predicted molar refractivity (Wildman–Crippen MR) is 78.8 cm³/mol. The molecule has 1 rings (SSSR count). The maximum Gasteiger partial charge on any atom is 0.128 e. The lowest BCUT2D eigenvalue weighted by Gasteiger charge is -2.27. The predicted octanol–water partition coefficient (Wildman–Crippen LogP) is 3.36. The highest BCUT2D eigenvalue weighted by atomic mass is 15.2. The van der Waals surface area contributed by atoms with E-state index in [0.717, 1.165) is 30.4 Å². The van der Waals surface area contributed by atoms with Gasteiger partial charge in [-0.2, -0.15) is 0 Å². The zero-order valence-electron chi connectivity index (χ0n) is 12.2. The van der Waals surface area contributed by atoms with E-state index in [2.05, 4.69) is 36.7 Å². The van der Waals surface area contributed by atoms with Crippen LogP contribution in [0.5, 0.6) is 0 Å². The van der Waals surface area contributed by atoms with Crippen molar-refractivity contribution in [2.75, 3.05) is 18.0 Å². The van der Waals surface area contributed by atoms with Gasteiger partial charge in [-0.05, 0) is 37.5 Å². The number of rotatable bonds is 7. The second-order valence-corrected chi connectivity index (χ2v) is 4.96. The summed E-state index contributed by atoms with van der Waals surface area (Å²) in [5.41, 5.74) is 7.09. The SMILES string of the molecule is CCC(CC)CN(CC)c1cc([C@@H](C)N)ccn1. The highest BCUT2D eigenvalue weighted by Crippen LogP contribution is 2.19. The van der Waals surface area contributed by atoms with Crippen LogP contribution >= 0.6 is 0 Å². The van der Waals surface area contributed by atoms with Crippen molar-refractivity contribution in [3.05, 3.63) is 23.9 Å². The van der Waals surface area contributed by atoms with Crippen LogP contribution in [0.4, 0.5) is 5.82 Å². The van der Waals surface area contributed by atoms with Crippen LogP contribution in [-0.2, 0) is 0 Å². The summed E-state index contributed by atoms with van der Waals surface area (Å²) in [5.74, 6) is 1.80. The first-order valence-electron chi connectivity index (χ1n) is 7.08. The number of pyridine rings is 1. The summed E-state index contributed by atoms with van der Waals surface area (Å²) in [7, 11) is 0. The molecule has 0 radical (unpaired) electrons. The van der Waals surface area contributed by atoms with Gasteiger partial charge in [-0.3, -0.25) is 0 Å². The molecule has 0 aliphatic heterocycles. The molecule has 0 bridgehead atoms. The van der Waals surface area contributed by atoms with E-state index >= 15 is 0 Å². The molecule has 0 amide bonds. The van der Waals surface area contributed by atoms with Crippen LogP contribution < -0.4 is 10.6 Å². The van der Waals surface area contributed by atoms with E-state index in [9.17, 15) is 0 Å². The summed E-state index contributed by atoms with van der Waals surface area (Å²) < 4.78 is 0. The zero-order chi connectivity index (χ0) is 13.5. The van der Waals surface area contributed by atoms with Gasteiger partial charge in [-0.1, -0.05) is 26.7 Å². The lowest BCUT2D eigenvalue weighted by molar-refractivity contribution is 0.484. The Hall–Kier alpha value is -1.09. The summed E-state index contributed by atoms with van der Waals surface area (Å²) in [4.78, 5) is 6.84. The van der Waals surface area contributed by atoms with Gasteiger partial charge < -0.3 is 10.6 Å². The Labute approximate surface area is 111 Å². The number of hydrogen-bond donors (Lipinski definition) is 1. The average molecular weight is 249 g/mol. The molecule has 0 saturated heterocycles. The molecule has 1 aromatic rings.